The van der Waals surface area contributed by atoms with Crippen LogP contribution in [-0.4, -0.2) is 46.4 Å². The number of nitrogens with zero attached hydrogens (tertiary/aromatic N) is 6. The van der Waals surface area contributed by atoms with E-state index in [4.69, 9.17) is 5.11 Å². The fourth-order valence-electron chi connectivity index (χ4n) is 1.92. The molecule has 2 rings (SSSR count). The Morgan fingerprint density at radius 2 is 2.14 bits per heavy atom. The first kappa shape index (κ1) is 15.5. The third-order valence-corrected chi connectivity index (χ3v) is 3.87. The number of hydrogen-bond acceptors (Lipinski definition) is 6. The first-order chi connectivity index (χ1) is 10.0. The molecule has 0 aromatic carbocycles. The van der Waals surface area contributed by atoms with Crippen LogP contribution in [0, 0.1) is 0 Å². The Labute approximate surface area is 126 Å². The molecule has 2 aromatic heterocycles. The van der Waals surface area contributed by atoms with E-state index < -0.39 is 5.97 Å². The van der Waals surface area contributed by atoms with E-state index in [-0.39, 0.29) is 11.7 Å². The van der Waals surface area contributed by atoms with Gasteiger partial charge in [0, 0.05) is 12.5 Å². The predicted octanol–water partition coefficient (Wildman–Crippen LogP) is 1.24. The number of aliphatic carboxylic acids is 1. The first-order valence-electron chi connectivity index (χ1n) is 6.67. The number of rotatable bonds is 7. The maximum atomic E-state index is 10.7. The van der Waals surface area contributed by atoms with Crippen molar-refractivity contribution in [1.29, 1.82) is 0 Å². The van der Waals surface area contributed by atoms with Gasteiger partial charge < -0.3 is 9.67 Å². The lowest BCUT2D eigenvalue weighted by Crippen LogP contribution is -2.13. The normalized spacial score (nSPS) is 11.2. The second kappa shape index (κ2) is 6.70. The quantitative estimate of drug-likeness (QED) is 0.768. The van der Waals surface area contributed by atoms with Crippen molar-refractivity contribution < 1.29 is 9.90 Å². The van der Waals surface area contributed by atoms with E-state index in [0.717, 1.165) is 30.0 Å². The SMILES string of the molecule is CCn1cnnc1Cn1c(SCC(=O)O)nnc1C(C)C. The van der Waals surface area contributed by atoms with E-state index in [2.05, 4.69) is 20.4 Å². The molecule has 0 unspecified atom stereocenters. The van der Waals surface area contributed by atoms with Gasteiger partial charge in [-0.2, -0.15) is 0 Å². The highest BCUT2D eigenvalue weighted by atomic mass is 32.2. The molecule has 0 bridgehead atoms. The molecule has 0 aliphatic rings. The van der Waals surface area contributed by atoms with Crippen LogP contribution in [0.2, 0.25) is 0 Å². The minimum Gasteiger partial charge on any atom is -0.481 e. The number of carboxylic acids is 1. The molecule has 9 heteroatoms. The van der Waals surface area contributed by atoms with Crippen LogP contribution < -0.4 is 0 Å². The fourth-order valence-corrected chi connectivity index (χ4v) is 2.58. The van der Waals surface area contributed by atoms with Crippen LogP contribution in [0.4, 0.5) is 0 Å². The average Bonchev–Trinajstić information content (AvgIpc) is 3.03. The van der Waals surface area contributed by atoms with E-state index in [9.17, 15) is 4.79 Å². The highest BCUT2D eigenvalue weighted by Crippen LogP contribution is 2.22. The van der Waals surface area contributed by atoms with Gasteiger partial charge >= 0.3 is 5.97 Å². The summed E-state index contributed by atoms with van der Waals surface area (Å²) in [6, 6.07) is 0. The zero-order valence-electron chi connectivity index (χ0n) is 12.2. The summed E-state index contributed by atoms with van der Waals surface area (Å²) in [4.78, 5) is 10.7. The van der Waals surface area contributed by atoms with Gasteiger partial charge in [-0.3, -0.25) is 9.36 Å². The van der Waals surface area contributed by atoms with E-state index in [1.54, 1.807) is 6.33 Å². The van der Waals surface area contributed by atoms with Crippen molar-refractivity contribution >= 4 is 17.7 Å². The van der Waals surface area contributed by atoms with E-state index in [1.165, 1.54) is 0 Å². The van der Waals surface area contributed by atoms with Crippen LogP contribution in [0.1, 0.15) is 38.3 Å². The maximum Gasteiger partial charge on any atom is 0.313 e. The Bertz CT molecular complexity index is 621. The molecule has 2 heterocycles. The average molecular weight is 310 g/mol. The molecule has 0 saturated heterocycles. The number of hydrogen-bond donors (Lipinski definition) is 1. The summed E-state index contributed by atoms with van der Waals surface area (Å²) in [7, 11) is 0. The lowest BCUT2D eigenvalue weighted by Gasteiger charge is -2.11. The zero-order valence-corrected chi connectivity index (χ0v) is 13.0. The van der Waals surface area contributed by atoms with Crippen LogP contribution >= 0.6 is 11.8 Å². The summed E-state index contributed by atoms with van der Waals surface area (Å²) in [5.74, 6) is 0.883. The second-order valence-corrected chi connectivity index (χ2v) is 5.74. The molecule has 8 nitrogen and oxygen atoms in total. The molecule has 21 heavy (non-hydrogen) atoms. The molecule has 0 atom stereocenters. The summed E-state index contributed by atoms with van der Waals surface area (Å²) in [6.45, 7) is 7.32. The minimum atomic E-state index is -0.877. The van der Waals surface area contributed by atoms with Crippen LogP contribution in [0.15, 0.2) is 11.5 Å². The van der Waals surface area contributed by atoms with E-state index in [1.807, 2.05) is 29.9 Å². The Morgan fingerprint density at radius 3 is 2.76 bits per heavy atom. The number of thioether (sulfide) groups is 1. The Hall–Kier alpha value is -1.90. The second-order valence-electron chi connectivity index (χ2n) is 4.80. The van der Waals surface area contributed by atoms with Crippen molar-refractivity contribution in [3.05, 3.63) is 18.0 Å². The Balaban J connectivity index is 2.30. The molecule has 1 N–H and O–H groups in total. The summed E-state index contributed by atoms with van der Waals surface area (Å²) in [5.41, 5.74) is 0. The van der Waals surface area contributed by atoms with Gasteiger partial charge in [0.2, 0.25) is 0 Å². The third kappa shape index (κ3) is 3.60. The van der Waals surface area contributed by atoms with Gasteiger partial charge in [0.25, 0.3) is 0 Å². The molecule has 0 saturated carbocycles. The van der Waals surface area contributed by atoms with Gasteiger partial charge in [-0.1, -0.05) is 25.6 Å². The Morgan fingerprint density at radius 1 is 1.38 bits per heavy atom. The summed E-state index contributed by atoms with van der Waals surface area (Å²) in [6.07, 6.45) is 1.68. The van der Waals surface area contributed by atoms with Crippen LogP contribution in [0.25, 0.3) is 0 Å². The van der Waals surface area contributed by atoms with Crippen molar-refractivity contribution in [2.75, 3.05) is 5.75 Å². The number of carboxylic acid groups (broad SMARTS) is 1. The number of carbonyl (C=O) groups is 1. The monoisotopic (exact) mass is 310 g/mol. The highest BCUT2D eigenvalue weighted by molar-refractivity contribution is 7.99. The van der Waals surface area contributed by atoms with Gasteiger partial charge in [0.15, 0.2) is 11.0 Å². The molecule has 114 valence electrons. The van der Waals surface area contributed by atoms with E-state index >= 15 is 0 Å². The van der Waals surface area contributed by atoms with Gasteiger partial charge in [-0.25, -0.2) is 0 Å². The van der Waals surface area contributed by atoms with Crippen LogP contribution in [-0.2, 0) is 17.9 Å². The highest BCUT2D eigenvalue weighted by Gasteiger charge is 2.18. The van der Waals surface area contributed by atoms with Gasteiger partial charge in [-0.15, -0.1) is 20.4 Å². The molecule has 0 radical (unpaired) electrons. The van der Waals surface area contributed by atoms with Crippen molar-refractivity contribution in [3.63, 3.8) is 0 Å². The molecule has 0 aliphatic heterocycles. The largest absolute Gasteiger partial charge is 0.481 e. The van der Waals surface area contributed by atoms with Crippen LogP contribution in [0.3, 0.4) is 0 Å². The topological polar surface area (TPSA) is 98.7 Å². The Kier molecular flexibility index (Phi) is 4.94. The zero-order chi connectivity index (χ0) is 15.4. The summed E-state index contributed by atoms with van der Waals surface area (Å²) in [5, 5.41) is 25.7. The molecule has 0 spiro atoms. The molecular formula is C12H18N6O2S. The van der Waals surface area contributed by atoms with Gasteiger partial charge in [0.05, 0.1) is 12.3 Å². The van der Waals surface area contributed by atoms with Crippen molar-refractivity contribution in [2.24, 2.45) is 0 Å². The molecule has 2 aromatic rings. The number of aryl methyl sites for hydroxylation is 1. The van der Waals surface area contributed by atoms with Crippen molar-refractivity contribution in [2.45, 2.75) is 44.9 Å². The summed E-state index contributed by atoms with van der Waals surface area (Å²) >= 11 is 1.16. The van der Waals surface area contributed by atoms with E-state index in [0.29, 0.717) is 11.7 Å². The van der Waals surface area contributed by atoms with Crippen molar-refractivity contribution in [3.8, 4) is 0 Å². The first-order valence-corrected chi connectivity index (χ1v) is 7.65. The number of aromatic nitrogens is 6. The standard InChI is InChI=1S/C12H18N6O2S/c1-4-17-7-13-14-9(17)5-18-11(8(2)3)15-16-12(18)21-6-10(19)20/h7-8H,4-6H2,1-3H3,(H,19,20). The molecule has 0 aliphatic carbocycles. The molecular weight excluding hydrogens is 292 g/mol. The van der Waals surface area contributed by atoms with Gasteiger partial charge in [0.1, 0.15) is 12.2 Å². The molecule has 0 amide bonds. The minimum absolute atomic E-state index is 0.0449. The van der Waals surface area contributed by atoms with Crippen LogP contribution in [0.5, 0.6) is 0 Å². The summed E-state index contributed by atoms with van der Waals surface area (Å²) < 4.78 is 3.85. The van der Waals surface area contributed by atoms with Gasteiger partial charge in [-0.05, 0) is 6.92 Å². The fraction of sp³-hybridized carbons (Fsp3) is 0.583. The smallest absolute Gasteiger partial charge is 0.313 e. The maximum absolute atomic E-state index is 10.7. The lowest BCUT2D eigenvalue weighted by atomic mass is 10.2. The lowest BCUT2D eigenvalue weighted by molar-refractivity contribution is -0.133. The predicted molar refractivity (Wildman–Crippen MR) is 77.3 cm³/mol. The molecule has 0 fully saturated rings. The third-order valence-electron chi connectivity index (χ3n) is 2.92. The van der Waals surface area contributed by atoms with Crippen molar-refractivity contribution in [1.82, 2.24) is 29.5 Å².